The van der Waals surface area contributed by atoms with Gasteiger partial charge in [-0.25, -0.2) is 0 Å². The van der Waals surface area contributed by atoms with E-state index in [-0.39, 0.29) is 18.6 Å². The molecule has 3 heterocycles. The Kier molecular flexibility index (Phi) is 8.64. The Morgan fingerprint density at radius 2 is 1.84 bits per heavy atom. The molecule has 5 rings (SSSR count). The van der Waals surface area contributed by atoms with Crippen LogP contribution >= 0.6 is 23.2 Å². The van der Waals surface area contributed by atoms with Crippen molar-refractivity contribution in [2.45, 2.75) is 37.6 Å². The van der Waals surface area contributed by atoms with Crippen LogP contribution in [0.25, 0.3) is 17.0 Å². The Morgan fingerprint density at radius 1 is 1.08 bits per heavy atom. The number of piperidine rings is 2. The van der Waals surface area contributed by atoms with Crippen molar-refractivity contribution in [1.29, 1.82) is 0 Å². The third-order valence-corrected chi connectivity index (χ3v) is 9.04. The Morgan fingerprint density at radius 3 is 2.53 bits per heavy atom. The zero-order chi connectivity index (χ0) is 26.6. The van der Waals surface area contributed by atoms with Gasteiger partial charge in [0.25, 0.3) is 0 Å². The average molecular weight is 557 g/mol. The minimum Gasteiger partial charge on any atom is -0.497 e. The van der Waals surface area contributed by atoms with E-state index in [1.165, 1.54) is 10.9 Å². The van der Waals surface area contributed by atoms with Crippen molar-refractivity contribution < 1.29 is 14.6 Å². The molecule has 0 saturated carbocycles. The maximum atomic E-state index is 12.8. The number of aromatic amines is 1. The van der Waals surface area contributed by atoms with Gasteiger partial charge in [-0.1, -0.05) is 29.3 Å². The van der Waals surface area contributed by atoms with Crippen LogP contribution in [0.3, 0.4) is 0 Å². The number of H-pyrrole nitrogens is 1. The Labute approximate surface area is 234 Å². The smallest absolute Gasteiger partial charge is 0.246 e. The molecular formula is C30H35Cl2N3O3. The van der Waals surface area contributed by atoms with Crippen LogP contribution in [0.4, 0.5) is 0 Å². The molecule has 1 unspecified atom stereocenters. The van der Waals surface area contributed by atoms with Gasteiger partial charge in [-0.2, -0.15) is 0 Å². The molecule has 3 aromatic rings. The maximum Gasteiger partial charge on any atom is 0.246 e. The normalized spacial score (nSPS) is 18.9. The molecule has 0 aliphatic carbocycles. The molecule has 2 aliphatic rings. The molecule has 202 valence electrons. The van der Waals surface area contributed by atoms with Gasteiger partial charge in [-0.05, 0) is 92.1 Å². The molecule has 2 N–H and O–H groups in total. The number of amides is 1. The number of likely N-dealkylation sites (tertiary alicyclic amines) is 2. The predicted molar refractivity (Wildman–Crippen MR) is 154 cm³/mol. The number of methoxy groups -OCH3 is 1. The number of halogens is 2. The summed E-state index contributed by atoms with van der Waals surface area (Å²) in [5, 5.41) is 12.6. The lowest BCUT2D eigenvalue weighted by Crippen LogP contribution is -2.50. The fourth-order valence-electron chi connectivity index (χ4n) is 6.09. The molecule has 1 aromatic heterocycles. The van der Waals surface area contributed by atoms with Crippen LogP contribution in [0.15, 0.2) is 48.7 Å². The number of nitrogens with zero attached hydrogens (tertiary/aromatic N) is 2. The maximum absolute atomic E-state index is 12.8. The first kappa shape index (κ1) is 27.1. The number of hydrogen-bond acceptors (Lipinski definition) is 4. The first-order valence-electron chi connectivity index (χ1n) is 13.4. The molecule has 0 bridgehead atoms. The van der Waals surface area contributed by atoms with E-state index in [9.17, 15) is 9.90 Å². The van der Waals surface area contributed by atoms with Gasteiger partial charge in [0.15, 0.2) is 0 Å². The summed E-state index contributed by atoms with van der Waals surface area (Å²) in [6, 6.07) is 11.7. The highest BCUT2D eigenvalue weighted by molar-refractivity contribution is 6.42. The number of benzene rings is 2. The van der Waals surface area contributed by atoms with E-state index in [4.69, 9.17) is 27.9 Å². The van der Waals surface area contributed by atoms with Crippen molar-refractivity contribution in [3.8, 4) is 5.75 Å². The third-order valence-electron chi connectivity index (χ3n) is 8.30. The van der Waals surface area contributed by atoms with Crippen molar-refractivity contribution in [3.05, 3.63) is 69.8 Å². The molecule has 1 atom stereocenters. The fourth-order valence-corrected chi connectivity index (χ4v) is 6.40. The Hall–Kier alpha value is -2.51. The molecule has 0 spiro atoms. The number of fused-ring (bicyclic) bond motifs is 1. The summed E-state index contributed by atoms with van der Waals surface area (Å²) in [4.78, 5) is 20.5. The molecular weight excluding hydrogens is 521 g/mol. The van der Waals surface area contributed by atoms with Gasteiger partial charge in [-0.3, -0.25) is 9.69 Å². The number of hydrogen-bond donors (Lipinski definition) is 2. The van der Waals surface area contributed by atoms with E-state index in [1.54, 1.807) is 31.4 Å². The van der Waals surface area contributed by atoms with Crippen molar-refractivity contribution in [3.63, 3.8) is 0 Å². The monoisotopic (exact) mass is 555 g/mol. The Bertz CT molecular complexity index is 1290. The van der Waals surface area contributed by atoms with Gasteiger partial charge in [-0.15, -0.1) is 0 Å². The lowest BCUT2D eigenvalue weighted by atomic mass is 9.84. The second-order valence-corrected chi connectivity index (χ2v) is 11.2. The number of carbonyl (C=O) groups is 1. The highest BCUT2D eigenvalue weighted by Gasteiger charge is 2.34. The second kappa shape index (κ2) is 12.1. The zero-order valence-electron chi connectivity index (χ0n) is 21.7. The Balaban J connectivity index is 1.13. The van der Waals surface area contributed by atoms with E-state index >= 15 is 0 Å². The SMILES string of the molecule is COc1ccc2c(C3CCN(C(CO)C4CCN(C(=O)C=Cc5ccc(Cl)c(Cl)c5)CC4)CC3)c[nH]c2c1. The van der Waals surface area contributed by atoms with E-state index in [0.717, 1.165) is 55.6 Å². The van der Waals surface area contributed by atoms with Gasteiger partial charge in [0.1, 0.15) is 5.75 Å². The number of aromatic nitrogens is 1. The number of rotatable bonds is 7. The summed E-state index contributed by atoms with van der Waals surface area (Å²) in [7, 11) is 1.69. The summed E-state index contributed by atoms with van der Waals surface area (Å²) in [5.41, 5.74) is 3.34. The van der Waals surface area contributed by atoms with E-state index in [2.05, 4.69) is 28.2 Å². The van der Waals surface area contributed by atoms with Crippen molar-refractivity contribution in [2.75, 3.05) is 39.9 Å². The number of aliphatic hydroxyl groups is 1. The van der Waals surface area contributed by atoms with Crippen LogP contribution in [0.1, 0.15) is 42.7 Å². The molecule has 6 nitrogen and oxygen atoms in total. The minimum absolute atomic E-state index is 0.00670. The van der Waals surface area contributed by atoms with E-state index in [0.29, 0.717) is 35.0 Å². The van der Waals surface area contributed by atoms with Gasteiger partial charge >= 0.3 is 0 Å². The molecule has 1 amide bonds. The van der Waals surface area contributed by atoms with Crippen LogP contribution < -0.4 is 4.74 Å². The second-order valence-electron chi connectivity index (χ2n) is 10.4. The van der Waals surface area contributed by atoms with Gasteiger partial charge in [0, 0.05) is 48.4 Å². The summed E-state index contributed by atoms with van der Waals surface area (Å²) < 4.78 is 5.36. The first-order chi connectivity index (χ1) is 18.5. The zero-order valence-corrected chi connectivity index (χ0v) is 23.2. The van der Waals surface area contributed by atoms with Gasteiger partial charge in [0.2, 0.25) is 5.91 Å². The number of aliphatic hydroxyl groups excluding tert-OH is 1. The quantitative estimate of drug-likeness (QED) is 0.352. The number of nitrogens with one attached hydrogen (secondary N) is 1. The largest absolute Gasteiger partial charge is 0.497 e. The van der Waals surface area contributed by atoms with Crippen molar-refractivity contribution in [2.24, 2.45) is 5.92 Å². The van der Waals surface area contributed by atoms with Crippen LogP contribution in [0, 0.1) is 5.92 Å². The van der Waals surface area contributed by atoms with Crippen LogP contribution in [0.5, 0.6) is 5.75 Å². The molecule has 2 aromatic carbocycles. The summed E-state index contributed by atoms with van der Waals surface area (Å²) in [5.74, 6) is 1.77. The molecule has 8 heteroatoms. The summed E-state index contributed by atoms with van der Waals surface area (Å²) >= 11 is 12.1. The number of ether oxygens (including phenoxy) is 1. The highest BCUT2D eigenvalue weighted by Crippen LogP contribution is 2.36. The molecule has 38 heavy (non-hydrogen) atoms. The van der Waals surface area contributed by atoms with Crippen LogP contribution in [-0.4, -0.2) is 71.7 Å². The predicted octanol–water partition coefficient (Wildman–Crippen LogP) is 5.98. The fraction of sp³-hybridized carbons (Fsp3) is 0.433. The standard InChI is InChI=1S/C30H35Cl2N3O3/c1-38-23-4-5-24-25(18-33-28(24)17-23)21-8-12-34(13-9-21)29(19-36)22-10-14-35(15-11-22)30(37)7-3-20-2-6-26(31)27(32)16-20/h2-7,16-18,21-22,29,33,36H,8-15,19H2,1H3. The highest BCUT2D eigenvalue weighted by atomic mass is 35.5. The van der Waals surface area contributed by atoms with E-state index < -0.39 is 0 Å². The minimum atomic E-state index is 0.00670. The summed E-state index contributed by atoms with van der Waals surface area (Å²) in [6.07, 6.45) is 9.50. The first-order valence-corrected chi connectivity index (χ1v) is 14.1. The molecule has 2 fully saturated rings. The van der Waals surface area contributed by atoms with Crippen LogP contribution in [-0.2, 0) is 4.79 Å². The lowest BCUT2D eigenvalue weighted by molar-refractivity contribution is -0.127. The number of carbonyl (C=O) groups excluding carboxylic acids is 1. The molecule has 0 radical (unpaired) electrons. The lowest BCUT2D eigenvalue weighted by Gasteiger charge is -2.43. The van der Waals surface area contributed by atoms with Crippen LogP contribution in [0.2, 0.25) is 10.0 Å². The van der Waals surface area contributed by atoms with Gasteiger partial charge in [0.05, 0.1) is 23.8 Å². The molecule has 2 aliphatic heterocycles. The van der Waals surface area contributed by atoms with E-state index in [1.807, 2.05) is 17.0 Å². The van der Waals surface area contributed by atoms with Crippen molar-refractivity contribution in [1.82, 2.24) is 14.8 Å². The van der Waals surface area contributed by atoms with Gasteiger partial charge < -0.3 is 19.7 Å². The molecule has 2 saturated heterocycles. The average Bonchev–Trinajstić information content (AvgIpc) is 3.38. The van der Waals surface area contributed by atoms with Crippen molar-refractivity contribution >= 4 is 46.1 Å². The third kappa shape index (κ3) is 5.89. The summed E-state index contributed by atoms with van der Waals surface area (Å²) in [6.45, 7) is 3.53. The topological polar surface area (TPSA) is 68.8 Å².